The standard InChI is InChI=1S/C10H21NO/c1-2-3-6-9-10(12-9)7-4-5-8-11/h9-10H,2-8,11H2,1H3. The number of hydrogen-bond acceptors (Lipinski definition) is 2. The number of epoxide rings is 1. The second-order valence-electron chi connectivity index (χ2n) is 3.64. The zero-order valence-corrected chi connectivity index (χ0v) is 8.09. The van der Waals surface area contributed by atoms with Crippen LogP contribution >= 0.6 is 0 Å². The maximum absolute atomic E-state index is 5.52. The van der Waals surface area contributed by atoms with Crippen LogP contribution < -0.4 is 5.73 Å². The van der Waals surface area contributed by atoms with E-state index < -0.39 is 0 Å². The molecular formula is C10H21NO. The molecule has 1 saturated heterocycles. The molecule has 12 heavy (non-hydrogen) atoms. The fraction of sp³-hybridized carbons (Fsp3) is 1.00. The highest BCUT2D eigenvalue weighted by molar-refractivity contribution is 4.84. The highest BCUT2D eigenvalue weighted by atomic mass is 16.6. The van der Waals surface area contributed by atoms with Crippen molar-refractivity contribution in [1.82, 2.24) is 0 Å². The Bertz CT molecular complexity index is 116. The Labute approximate surface area is 75.5 Å². The molecule has 2 nitrogen and oxygen atoms in total. The lowest BCUT2D eigenvalue weighted by atomic mass is 10.1. The number of nitrogens with two attached hydrogens (primary N) is 1. The molecule has 0 aromatic rings. The minimum atomic E-state index is 0.586. The molecule has 1 aliphatic rings. The van der Waals surface area contributed by atoms with Crippen molar-refractivity contribution < 1.29 is 4.74 Å². The van der Waals surface area contributed by atoms with E-state index >= 15 is 0 Å². The summed E-state index contributed by atoms with van der Waals surface area (Å²) in [6.07, 6.45) is 8.68. The molecule has 1 rings (SSSR count). The van der Waals surface area contributed by atoms with Crippen molar-refractivity contribution in [2.24, 2.45) is 5.73 Å². The summed E-state index contributed by atoms with van der Waals surface area (Å²) in [5.74, 6) is 0. The van der Waals surface area contributed by atoms with Gasteiger partial charge >= 0.3 is 0 Å². The Kier molecular flexibility index (Phi) is 4.62. The van der Waals surface area contributed by atoms with Crippen molar-refractivity contribution >= 4 is 0 Å². The highest BCUT2D eigenvalue weighted by Gasteiger charge is 2.36. The number of ether oxygens (including phenoxy) is 1. The minimum Gasteiger partial charge on any atom is -0.370 e. The lowest BCUT2D eigenvalue weighted by Crippen LogP contribution is -2.00. The van der Waals surface area contributed by atoms with Crippen molar-refractivity contribution in [2.45, 2.75) is 57.7 Å². The van der Waals surface area contributed by atoms with E-state index in [1.165, 1.54) is 32.1 Å². The SMILES string of the molecule is CCCCC1OC1CCCCN. The molecule has 2 heteroatoms. The van der Waals surface area contributed by atoms with E-state index in [2.05, 4.69) is 6.92 Å². The number of hydrogen-bond donors (Lipinski definition) is 1. The van der Waals surface area contributed by atoms with Gasteiger partial charge in [-0.25, -0.2) is 0 Å². The first-order valence-electron chi connectivity index (χ1n) is 5.24. The van der Waals surface area contributed by atoms with Gasteiger partial charge in [-0.15, -0.1) is 0 Å². The molecular weight excluding hydrogens is 150 g/mol. The van der Waals surface area contributed by atoms with E-state index in [1.807, 2.05) is 0 Å². The molecule has 2 unspecified atom stereocenters. The fourth-order valence-electron chi connectivity index (χ4n) is 1.58. The average molecular weight is 171 g/mol. The van der Waals surface area contributed by atoms with Crippen LogP contribution in [0.5, 0.6) is 0 Å². The molecule has 0 bridgehead atoms. The van der Waals surface area contributed by atoms with Gasteiger partial charge in [0, 0.05) is 0 Å². The Morgan fingerprint density at radius 2 is 1.75 bits per heavy atom. The van der Waals surface area contributed by atoms with E-state index in [0.717, 1.165) is 13.0 Å². The quantitative estimate of drug-likeness (QED) is 0.470. The zero-order valence-electron chi connectivity index (χ0n) is 8.09. The number of unbranched alkanes of at least 4 members (excludes halogenated alkanes) is 2. The van der Waals surface area contributed by atoms with Gasteiger partial charge < -0.3 is 10.5 Å². The second kappa shape index (κ2) is 5.55. The Balaban J connectivity index is 1.86. The predicted molar refractivity (Wildman–Crippen MR) is 51.1 cm³/mol. The van der Waals surface area contributed by atoms with Gasteiger partial charge in [-0.05, 0) is 32.2 Å². The van der Waals surface area contributed by atoms with Crippen LogP contribution in [-0.4, -0.2) is 18.8 Å². The molecule has 0 aromatic carbocycles. The molecule has 0 radical (unpaired) electrons. The third-order valence-corrected chi connectivity index (χ3v) is 2.47. The zero-order chi connectivity index (χ0) is 8.81. The lowest BCUT2D eigenvalue weighted by Gasteiger charge is -1.94. The van der Waals surface area contributed by atoms with Crippen LogP contribution in [0.25, 0.3) is 0 Å². The van der Waals surface area contributed by atoms with Crippen molar-refractivity contribution in [3.63, 3.8) is 0 Å². The molecule has 0 amide bonds. The smallest absolute Gasteiger partial charge is 0.0841 e. The first-order valence-corrected chi connectivity index (χ1v) is 5.24. The first kappa shape index (κ1) is 10.0. The Morgan fingerprint density at radius 3 is 2.33 bits per heavy atom. The first-order chi connectivity index (χ1) is 5.88. The maximum Gasteiger partial charge on any atom is 0.0841 e. The third-order valence-electron chi connectivity index (χ3n) is 2.47. The van der Waals surface area contributed by atoms with E-state index in [4.69, 9.17) is 10.5 Å². The van der Waals surface area contributed by atoms with E-state index in [0.29, 0.717) is 12.2 Å². The Morgan fingerprint density at radius 1 is 1.08 bits per heavy atom. The average Bonchev–Trinajstić information content (AvgIpc) is 2.81. The normalized spacial score (nSPS) is 27.5. The van der Waals surface area contributed by atoms with Gasteiger partial charge in [0.25, 0.3) is 0 Å². The van der Waals surface area contributed by atoms with Crippen molar-refractivity contribution in [3.8, 4) is 0 Å². The highest BCUT2D eigenvalue weighted by Crippen LogP contribution is 2.30. The van der Waals surface area contributed by atoms with E-state index in [-0.39, 0.29) is 0 Å². The Hall–Kier alpha value is -0.0800. The largest absolute Gasteiger partial charge is 0.370 e. The molecule has 1 fully saturated rings. The van der Waals surface area contributed by atoms with Crippen molar-refractivity contribution in [3.05, 3.63) is 0 Å². The van der Waals surface area contributed by atoms with Crippen molar-refractivity contribution in [2.75, 3.05) is 6.54 Å². The fourth-order valence-corrected chi connectivity index (χ4v) is 1.58. The molecule has 2 N–H and O–H groups in total. The summed E-state index contributed by atoms with van der Waals surface area (Å²) in [6.45, 7) is 3.05. The summed E-state index contributed by atoms with van der Waals surface area (Å²) < 4.78 is 5.52. The predicted octanol–water partition coefficient (Wildman–Crippen LogP) is 2.07. The second-order valence-corrected chi connectivity index (χ2v) is 3.64. The van der Waals surface area contributed by atoms with Crippen molar-refractivity contribution in [1.29, 1.82) is 0 Å². The van der Waals surface area contributed by atoms with E-state index in [1.54, 1.807) is 0 Å². The molecule has 1 heterocycles. The van der Waals surface area contributed by atoms with Crippen LogP contribution in [0.4, 0.5) is 0 Å². The summed E-state index contributed by atoms with van der Waals surface area (Å²) >= 11 is 0. The summed E-state index contributed by atoms with van der Waals surface area (Å²) in [6, 6.07) is 0. The maximum atomic E-state index is 5.52. The molecule has 72 valence electrons. The molecule has 1 aliphatic heterocycles. The van der Waals surface area contributed by atoms with E-state index in [9.17, 15) is 0 Å². The summed E-state index contributed by atoms with van der Waals surface area (Å²) in [5.41, 5.74) is 5.41. The topological polar surface area (TPSA) is 38.5 Å². The third kappa shape index (κ3) is 3.55. The minimum absolute atomic E-state index is 0.586. The summed E-state index contributed by atoms with van der Waals surface area (Å²) in [5, 5.41) is 0. The van der Waals surface area contributed by atoms with Gasteiger partial charge in [-0.2, -0.15) is 0 Å². The van der Waals surface area contributed by atoms with Gasteiger partial charge in [0.1, 0.15) is 0 Å². The molecule has 0 aromatic heterocycles. The van der Waals surface area contributed by atoms with Crippen LogP contribution in [-0.2, 0) is 4.74 Å². The molecule has 0 saturated carbocycles. The van der Waals surface area contributed by atoms with Crippen LogP contribution in [0.3, 0.4) is 0 Å². The van der Waals surface area contributed by atoms with Gasteiger partial charge in [-0.3, -0.25) is 0 Å². The summed E-state index contributed by atoms with van der Waals surface area (Å²) in [7, 11) is 0. The molecule has 2 atom stereocenters. The molecule has 0 spiro atoms. The van der Waals surface area contributed by atoms with Gasteiger partial charge in [0.05, 0.1) is 12.2 Å². The lowest BCUT2D eigenvalue weighted by molar-refractivity contribution is 0.350. The molecule has 0 aliphatic carbocycles. The van der Waals surface area contributed by atoms with Crippen LogP contribution in [0, 0.1) is 0 Å². The van der Waals surface area contributed by atoms with Gasteiger partial charge in [-0.1, -0.05) is 19.8 Å². The summed E-state index contributed by atoms with van der Waals surface area (Å²) in [4.78, 5) is 0. The van der Waals surface area contributed by atoms with Gasteiger partial charge in [0.2, 0.25) is 0 Å². The van der Waals surface area contributed by atoms with Crippen LogP contribution in [0.1, 0.15) is 45.4 Å². The van der Waals surface area contributed by atoms with Gasteiger partial charge in [0.15, 0.2) is 0 Å². The monoisotopic (exact) mass is 171 g/mol. The van der Waals surface area contributed by atoms with Crippen LogP contribution in [0.2, 0.25) is 0 Å². The van der Waals surface area contributed by atoms with Crippen LogP contribution in [0.15, 0.2) is 0 Å². The number of rotatable bonds is 7.